The summed E-state index contributed by atoms with van der Waals surface area (Å²) in [5, 5.41) is 12.3. The molecule has 4 rings (SSSR count). The van der Waals surface area contributed by atoms with Gasteiger partial charge in [0.25, 0.3) is 11.5 Å². The number of rotatable bonds is 9. The van der Waals surface area contributed by atoms with Crippen molar-refractivity contribution < 1.29 is 24.2 Å². The summed E-state index contributed by atoms with van der Waals surface area (Å²) < 4.78 is 6.36. The highest BCUT2D eigenvalue weighted by atomic mass is 16.5. The minimum Gasteiger partial charge on any atom is -0.480 e. The fourth-order valence-electron chi connectivity index (χ4n) is 4.19. The third-order valence-corrected chi connectivity index (χ3v) is 5.94. The van der Waals surface area contributed by atoms with Crippen LogP contribution < -0.4 is 22.0 Å². The highest BCUT2D eigenvalue weighted by molar-refractivity contribution is 5.81. The maximum absolute atomic E-state index is 12.6. The van der Waals surface area contributed by atoms with Gasteiger partial charge in [-0.15, -0.1) is 0 Å². The van der Waals surface area contributed by atoms with Crippen molar-refractivity contribution >= 4 is 18.0 Å². The first kappa shape index (κ1) is 25.4. The first-order valence-corrected chi connectivity index (χ1v) is 11.4. The molecule has 0 spiro atoms. The molecule has 0 saturated carbocycles. The van der Waals surface area contributed by atoms with Crippen molar-refractivity contribution in [3.63, 3.8) is 0 Å². The third-order valence-electron chi connectivity index (χ3n) is 5.94. The molecular weight excluding hydrogens is 482 g/mol. The first-order chi connectivity index (χ1) is 17.7. The van der Waals surface area contributed by atoms with Crippen molar-refractivity contribution in [3.05, 3.63) is 92.3 Å². The number of aromatic nitrogens is 2. The number of alkyl carbamates (subject to hydrolysis) is 1. The predicted octanol–water partition coefficient (Wildman–Crippen LogP) is 0.759. The molecule has 1 aliphatic rings. The van der Waals surface area contributed by atoms with Crippen LogP contribution in [0.3, 0.4) is 0 Å². The van der Waals surface area contributed by atoms with Crippen LogP contribution in [0.4, 0.5) is 4.79 Å². The van der Waals surface area contributed by atoms with Crippen LogP contribution in [-0.4, -0.2) is 57.5 Å². The van der Waals surface area contributed by atoms with Crippen molar-refractivity contribution in [3.8, 4) is 11.1 Å². The Morgan fingerprint density at radius 3 is 2.30 bits per heavy atom. The first-order valence-electron chi connectivity index (χ1n) is 11.4. The topological polar surface area (TPSA) is 163 Å². The molecule has 0 atom stereocenters. The van der Waals surface area contributed by atoms with Gasteiger partial charge in [-0.05, 0) is 29.2 Å². The Bertz CT molecular complexity index is 1420. The van der Waals surface area contributed by atoms with Crippen LogP contribution in [0.2, 0.25) is 0 Å². The third kappa shape index (κ3) is 5.76. The molecule has 0 unspecified atom stereocenters. The SMILES string of the molecule is Cc1cn(CC(=O)N(CC(=O)O)NCNC(=O)OCC2c3ccccc3-c3ccccc32)c(=O)[nH]c1=O. The summed E-state index contributed by atoms with van der Waals surface area (Å²) in [6.45, 7) is -0.0177. The van der Waals surface area contributed by atoms with Crippen LogP contribution in [0.25, 0.3) is 11.1 Å². The van der Waals surface area contributed by atoms with E-state index in [0.717, 1.165) is 31.8 Å². The number of nitrogens with one attached hydrogen (secondary N) is 3. The summed E-state index contributed by atoms with van der Waals surface area (Å²) in [5.41, 5.74) is 5.62. The average Bonchev–Trinajstić information content (AvgIpc) is 3.19. The molecule has 1 aromatic heterocycles. The van der Waals surface area contributed by atoms with E-state index >= 15 is 0 Å². The summed E-state index contributed by atoms with van der Waals surface area (Å²) in [4.78, 5) is 61.7. The monoisotopic (exact) mass is 507 g/mol. The second-order valence-electron chi connectivity index (χ2n) is 8.41. The zero-order valence-electron chi connectivity index (χ0n) is 19.9. The Morgan fingerprint density at radius 1 is 1.05 bits per heavy atom. The van der Waals surface area contributed by atoms with Gasteiger partial charge >= 0.3 is 17.8 Å². The number of nitrogens with zero attached hydrogens (tertiary/aromatic N) is 2. The molecule has 4 N–H and O–H groups in total. The lowest BCUT2D eigenvalue weighted by Crippen LogP contribution is -2.51. The van der Waals surface area contributed by atoms with Gasteiger partial charge in [-0.1, -0.05) is 48.5 Å². The van der Waals surface area contributed by atoms with Gasteiger partial charge in [0.1, 0.15) is 19.7 Å². The number of carbonyl (C=O) groups excluding carboxylic acids is 2. The van der Waals surface area contributed by atoms with E-state index in [1.807, 2.05) is 48.5 Å². The van der Waals surface area contributed by atoms with E-state index in [0.29, 0.717) is 0 Å². The molecule has 0 bridgehead atoms. The Labute approximate surface area is 210 Å². The van der Waals surface area contributed by atoms with Gasteiger partial charge in [0.15, 0.2) is 0 Å². The molecule has 2 amide bonds. The van der Waals surface area contributed by atoms with Crippen LogP contribution in [0, 0.1) is 6.92 Å². The fourth-order valence-corrected chi connectivity index (χ4v) is 4.19. The Balaban J connectivity index is 1.33. The molecule has 0 fully saturated rings. The van der Waals surface area contributed by atoms with Crippen LogP contribution >= 0.6 is 0 Å². The van der Waals surface area contributed by atoms with E-state index in [1.165, 1.54) is 13.1 Å². The normalized spacial score (nSPS) is 11.9. The van der Waals surface area contributed by atoms with Gasteiger partial charge in [-0.2, -0.15) is 0 Å². The van der Waals surface area contributed by atoms with Crippen molar-refractivity contribution in [2.75, 3.05) is 19.8 Å². The second kappa shape index (κ2) is 10.9. The number of ether oxygens (including phenoxy) is 1. The maximum Gasteiger partial charge on any atom is 0.408 e. The van der Waals surface area contributed by atoms with Crippen molar-refractivity contribution in [1.82, 2.24) is 25.3 Å². The Kier molecular flexibility index (Phi) is 7.49. The standard InChI is InChI=1S/C25H25N5O7/c1-15-10-29(24(35)28-23(15)34)11-21(31)30(12-22(32)33)27-14-26-25(36)37-13-20-18-8-4-2-6-16(18)17-7-3-5-9-19(17)20/h2-10,20,27H,11-14H2,1H3,(H,26,36)(H,32,33)(H,28,34,35). The number of hydrogen-bond acceptors (Lipinski definition) is 7. The number of benzene rings is 2. The number of hydrazine groups is 1. The molecule has 0 aliphatic heterocycles. The number of carboxylic acid groups (broad SMARTS) is 1. The molecule has 0 saturated heterocycles. The maximum atomic E-state index is 12.6. The van der Waals surface area contributed by atoms with Gasteiger partial charge < -0.3 is 15.2 Å². The van der Waals surface area contributed by atoms with Crippen LogP contribution in [0.15, 0.2) is 64.3 Å². The number of fused-ring (bicyclic) bond motifs is 3. The minimum atomic E-state index is -1.31. The number of carbonyl (C=O) groups is 3. The van der Waals surface area contributed by atoms with Crippen LogP contribution in [0.1, 0.15) is 22.6 Å². The molecule has 37 heavy (non-hydrogen) atoms. The molecule has 2 aromatic carbocycles. The summed E-state index contributed by atoms with van der Waals surface area (Å²) in [5.74, 6) is -2.22. The molecule has 12 nitrogen and oxygen atoms in total. The molecule has 1 aliphatic carbocycles. The zero-order chi connectivity index (χ0) is 26.5. The smallest absolute Gasteiger partial charge is 0.408 e. The van der Waals surface area contributed by atoms with Crippen molar-refractivity contribution in [2.45, 2.75) is 19.4 Å². The summed E-state index contributed by atoms with van der Waals surface area (Å²) >= 11 is 0. The minimum absolute atomic E-state index is 0.0894. The average molecular weight is 508 g/mol. The number of aliphatic carboxylic acids is 1. The zero-order valence-corrected chi connectivity index (χ0v) is 19.9. The van der Waals surface area contributed by atoms with Gasteiger partial charge in [-0.3, -0.25) is 28.9 Å². The lowest BCUT2D eigenvalue weighted by atomic mass is 9.98. The Morgan fingerprint density at radius 2 is 1.68 bits per heavy atom. The molecule has 1 heterocycles. The highest BCUT2D eigenvalue weighted by Crippen LogP contribution is 2.44. The number of hydrogen-bond donors (Lipinski definition) is 4. The number of carboxylic acids is 1. The van der Waals surface area contributed by atoms with Crippen molar-refractivity contribution in [1.29, 1.82) is 0 Å². The van der Waals surface area contributed by atoms with Crippen LogP contribution in [-0.2, 0) is 20.9 Å². The quantitative estimate of drug-likeness (QED) is 0.244. The molecule has 3 aromatic rings. The second-order valence-corrected chi connectivity index (χ2v) is 8.41. The van der Waals surface area contributed by atoms with E-state index in [2.05, 4.69) is 15.7 Å². The number of aryl methyl sites for hydroxylation is 1. The lowest BCUT2D eigenvalue weighted by molar-refractivity contribution is -0.147. The van der Waals surface area contributed by atoms with Crippen LogP contribution in [0.5, 0.6) is 0 Å². The van der Waals surface area contributed by atoms with E-state index in [1.54, 1.807) is 0 Å². The Hall–Kier alpha value is -4.71. The largest absolute Gasteiger partial charge is 0.480 e. The van der Waals surface area contributed by atoms with Gasteiger partial charge in [0.2, 0.25) is 0 Å². The van der Waals surface area contributed by atoms with Gasteiger partial charge in [-0.25, -0.2) is 15.0 Å². The molecule has 0 radical (unpaired) electrons. The van der Waals surface area contributed by atoms with Gasteiger partial charge in [0.05, 0.1) is 6.67 Å². The number of aromatic amines is 1. The number of amides is 2. The number of H-pyrrole nitrogens is 1. The van der Waals surface area contributed by atoms with E-state index in [-0.39, 0.29) is 24.8 Å². The van der Waals surface area contributed by atoms with E-state index in [9.17, 15) is 24.0 Å². The van der Waals surface area contributed by atoms with Crippen molar-refractivity contribution in [2.24, 2.45) is 0 Å². The predicted molar refractivity (Wildman–Crippen MR) is 132 cm³/mol. The highest BCUT2D eigenvalue weighted by Gasteiger charge is 2.29. The molecule has 12 heteroatoms. The summed E-state index contributed by atoms with van der Waals surface area (Å²) in [7, 11) is 0. The lowest BCUT2D eigenvalue weighted by Gasteiger charge is -2.22. The molecular formula is C25H25N5O7. The molecule has 192 valence electrons. The van der Waals surface area contributed by atoms with E-state index in [4.69, 9.17) is 9.84 Å². The van der Waals surface area contributed by atoms with E-state index < -0.39 is 42.3 Å². The summed E-state index contributed by atoms with van der Waals surface area (Å²) in [6.07, 6.45) is 0.442. The fraction of sp³-hybridized carbons (Fsp3) is 0.240. The van der Waals surface area contributed by atoms with Gasteiger partial charge in [0, 0.05) is 17.7 Å². The summed E-state index contributed by atoms with van der Waals surface area (Å²) in [6, 6.07) is 15.8.